The Morgan fingerprint density at radius 3 is 2.62 bits per heavy atom. The molecule has 0 saturated heterocycles. The quantitative estimate of drug-likeness (QED) is 0.729. The lowest BCUT2D eigenvalue weighted by atomic mass is 10.1. The number of nitrogens with zero attached hydrogens (tertiary/aromatic N) is 2. The minimum atomic E-state index is -0.185. The molecule has 0 aliphatic carbocycles. The molecule has 1 heterocycles. The molecule has 0 fully saturated rings. The van der Waals surface area contributed by atoms with Crippen LogP contribution in [0.5, 0.6) is 0 Å². The van der Waals surface area contributed by atoms with E-state index >= 15 is 0 Å². The zero-order chi connectivity index (χ0) is 11.7. The number of hydrogen-bond donors (Lipinski definition) is 0. The highest BCUT2D eigenvalue weighted by molar-refractivity contribution is 6.12. The van der Waals surface area contributed by atoms with Gasteiger partial charge in [-0.3, -0.25) is 4.99 Å². The molecule has 0 saturated carbocycles. The van der Waals surface area contributed by atoms with E-state index in [1.165, 1.54) is 6.07 Å². The summed E-state index contributed by atoms with van der Waals surface area (Å²) in [5.41, 5.74) is 2.62. The Kier molecular flexibility index (Phi) is 2.86. The lowest BCUT2D eigenvalue weighted by Crippen LogP contribution is -2.07. The van der Waals surface area contributed by atoms with Crippen molar-refractivity contribution in [2.24, 2.45) is 15.9 Å². The summed E-state index contributed by atoms with van der Waals surface area (Å²) >= 11 is 0. The van der Waals surface area contributed by atoms with Crippen molar-refractivity contribution in [3.05, 3.63) is 35.1 Å². The lowest BCUT2D eigenvalue weighted by Gasteiger charge is -2.02. The van der Waals surface area contributed by atoms with Crippen molar-refractivity contribution >= 4 is 11.5 Å². The summed E-state index contributed by atoms with van der Waals surface area (Å²) in [6.07, 6.45) is 0. The van der Waals surface area contributed by atoms with Gasteiger partial charge in [0.2, 0.25) is 0 Å². The van der Waals surface area contributed by atoms with Gasteiger partial charge < -0.3 is 0 Å². The summed E-state index contributed by atoms with van der Waals surface area (Å²) < 4.78 is 13.1. The van der Waals surface area contributed by atoms with Crippen LogP contribution in [0.3, 0.4) is 0 Å². The van der Waals surface area contributed by atoms with Crippen LogP contribution < -0.4 is 0 Å². The maximum Gasteiger partial charge on any atom is 0.154 e. The van der Waals surface area contributed by atoms with Gasteiger partial charge in [-0.25, -0.2) is 9.38 Å². The number of aliphatic imine (C=N–C) groups is 2. The largest absolute Gasteiger partial charge is 0.260 e. The molecule has 1 aliphatic rings. The smallest absolute Gasteiger partial charge is 0.154 e. The van der Waals surface area contributed by atoms with Crippen molar-refractivity contribution < 1.29 is 4.39 Å². The topological polar surface area (TPSA) is 24.7 Å². The highest BCUT2D eigenvalue weighted by atomic mass is 19.1. The second-order valence-electron chi connectivity index (χ2n) is 4.36. The van der Waals surface area contributed by atoms with Gasteiger partial charge in [-0.1, -0.05) is 13.8 Å². The molecule has 0 bridgehead atoms. The maximum absolute atomic E-state index is 13.1. The summed E-state index contributed by atoms with van der Waals surface area (Å²) in [6, 6.07) is 4.99. The molecule has 2 rings (SSSR count). The number of benzene rings is 1. The first kappa shape index (κ1) is 11.0. The number of halogens is 1. The monoisotopic (exact) mass is 218 g/mol. The van der Waals surface area contributed by atoms with Crippen molar-refractivity contribution in [1.29, 1.82) is 0 Å². The third kappa shape index (κ3) is 2.03. The molecule has 1 aromatic carbocycles. The van der Waals surface area contributed by atoms with Crippen LogP contribution in [-0.2, 0) is 0 Å². The Morgan fingerprint density at radius 2 is 2.06 bits per heavy atom. The first-order valence-corrected chi connectivity index (χ1v) is 5.46. The molecular formula is C13H15FN2. The van der Waals surface area contributed by atoms with Crippen LogP contribution in [0.15, 0.2) is 28.2 Å². The molecule has 0 amide bonds. The average Bonchev–Trinajstić information content (AvgIpc) is 2.71. The van der Waals surface area contributed by atoms with Crippen LogP contribution in [0.2, 0.25) is 0 Å². The normalized spacial score (nSPS) is 15.3. The second-order valence-corrected chi connectivity index (χ2v) is 4.36. The summed E-state index contributed by atoms with van der Waals surface area (Å²) in [6.45, 7) is 6.63. The summed E-state index contributed by atoms with van der Waals surface area (Å²) in [5, 5.41) is 0. The molecule has 16 heavy (non-hydrogen) atoms. The Balaban J connectivity index is 2.30. The van der Waals surface area contributed by atoms with E-state index in [0.717, 1.165) is 17.1 Å². The van der Waals surface area contributed by atoms with Crippen molar-refractivity contribution in [1.82, 2.24) is 0 Å². The highest BCUT2D eigenvalue weighted by Gasteiger charge is 2.15. The van der Waals surface area contributed by atoms with Crippen molar-refractivity contribution in [2.45, 2.75) is 20.8 Å². The van der Waals surface area contributed by atoms with Crippen molar-refractivity contribution in [2.75, 3.05) is 6.54 Å². The standard InChI is InChI=1S/C13H15FN2/c1-8(2)12-7-15-13(16-12)10-4-5-11(14)9(3)6-10/h4-6,8H,7H2,1-3H3. The number of hydrogen-bond acceptors (Lipinski definition) is 2. The summed E-state index contributed by atoms with van der Waals surface area (Å²) in [4.78, 5) is 8.84. The summed E-state index contributed by atoms with van der Waals surface area (Å²) in [5.74, 6) is 0.963. The number of amidine groups is 1. The molecule has 3 heteroatoms. The maximum atomic E-state index is 13.1. The van der Waals surface area contributed by atoms with E-state index in [1.54, 1.807) is 19.1 Å². The van der Waals surface area contributed by atoms with Crippen molar-refractivity contribution in [3.8, 4) is 0 Å². The van der Waals surface area contributed by atoms with Gasteiger partial charge in [0.1, 0.15) is 5.82 Å². The molecule has 1 aromatic rings. The number of rotatable bonds is 2. The third-order valence-electron chi connectivity index (χ3n) is 2.72. The first-order valence-electron chi connectivity index (χ1n) is 5.46. The molecular weight excluding hydrogens is 203 g/mol. The van der Waals surface area contributed by atoms with Crippen LogP contribution in [0.4, 0.5) is 4.39 Å². The fourth-order valence-electron chi connectivity index (χ4n) is 1.61. The zero-order valence-corrected chi connectivity index (χ0v) is 9.79. The van der Waals surface area contributed by atoms with Gasteiger partial charge in [-0.15, -0.1) is 0 Å². The molecule has 0 aromatic heterocycles. The molecule has 2 nitrogen and oxygen atoms in total. The predicted octanol–water partition coefficient (Wildman–Crippen LogP) is 2.99. The minimum Gasteiger partial charge on any atom is -0.260 e. The second kappa shape index (κ2) is 4.16. The molecule has 0 spiro atoms. The Bertz CT molecular complexity index is 473. The summed E-state index contributed by atoms with van der Waals surface area (Å²) in [7, 11) is 0. The van der Waals surface area contributed by atoms with Gasteiger partial charge in [-0.2, -0.15) is 0 Å². The van der Waals surface area contributed by atoms with Crippen LogP contribution in [0.1, 0.15) is 25.0 Å². The average molecular weight is 218 g/mol. The van der Waals surface area contributed by atoms with Gasteiger partial charge in [0.15, 0.2) is 5.84 Å². The number of aryl methyl sites for hydroxylation is 1. The third-order valence-corrected chi connectivity index (χ3v) is 2.72. The van der Waals surface area contributed by atoms with E-state index < -0.39 is 0 Å². The van der Waals surface area contributed by atoms with E-state index in [2.05, 4.69) is 23.8 Å². The van der Waals surface area contributed by atoms with E-state index in [9.17, 15) is 4.39 Å². The fraction of sp³-hybridized carbons (Fsp3) is 0.385. The first-order chi connectivity index (χ1) is 7.58. The highest BCUT2D eigenvalue weighted by Crippen LogP contribution is 2.15. The molecule has 0 atom stereocenters. The molecule has 84 valence electrons. The zero-order valence-electron chi connectivity index (χ0n) is 9.79. The van der Waals surface area contributed by atoms with Gasteiger partial charge in [-0.05, 0) is 36.6 Å². The van der Waals surface area contributed by atoms with Gasteiger partial charge in [0, 0.05) is 11.3 Å². The van der Waals surface area contributed by atoms with Crippen LogP contribution in [0.25, 0.3) is 0 Å². The Labute approximate surface area is 94.9 Å². The molecule has 0 radical (unpaired) electrons. The molecule has 1 aliphatic heterocycles. The Hall–Kier alpha value is -1.51. The van der Waals surface area contributed by atoms with E-state index in [1.807, 2.05) is 0 Å². The lowest BCUT2D eigenvalue weighted by molar-refractivity contribution is 0.618. The SMILES string of the molecule is Cc1cc(C2=NCC(C(C)C)=N2)ccc1F. The van der Waals surface area contributed by atoms with E-state index in [4.69, 9.17) is 0 Å². The molecule has 0 N–H and O–H groups in total. The minimum absolute atomic E-state index is 0.185. The predicted molar refractivity (Wildman–Crippen MR) is 64.8 cm³/mol. The van der Waals surface area contributed by atoms with Crippen LogP contribution >= 0.6 is 0 Å². The van der Waals surface area contributed by atoms with E-state index in [-0.39, 0.29) is 5.82 Å². The van der Waals surface area contributed by atoms with Gasteiger partial charge in [0.05, 0.1) is 6.54 Å². The molecule has 0 unspecified atom stereocenters. The fourth-order valence-corrected chi connectivity index (χ4v) is 1.61. The van der Waals surface area contributed by atoms with Gasteiger partial charge >= 0.3 is 0 Å². The van der Waals surface area contributed by atoms with Crippen molar-refractivity contribution in [3.63, 3.8) is 0 Å². The van der Waals surface area contributed by atoms with Gasteiger partial charge in [0.25, 0.3) is 0 Å². The van der Waals surface area contributed by atoms with Crippen LogP contribution in [-0.4, -0.2) is 18.1 Å². The van der Waals surface area contributed by atoms with E-state index in [0.29, 0.717) is 18.0 Å². The Morgan fingerprint density at radius 1 is 1.31 bits per heavy atom. The van der Waals surface area contributed by atoms with Crippen LogP contribution in [0, 0.1) is 18.7 Å².